The van der Waals surface area contributed by atoms with Crippen LogP contribution in [-0.2, 0) is 4.79 Å². The number of carbonyl (C=O) groups is 1. The number of amides is 1. The summed E-state index contributed by atoms with van der Waals surface area (Å²) in [5.41, 5.74) is 2.49. The van der Waals surface area contributed by atoms with Crippen LogP contribution in [0.2, 0.25) is 0 Å². The molecule has 0 N–H and O–H groups in total. The Hall–Kier alpha value is -0.830. The lowest BCUT2D eigenvalue weighted by molar-refractivity contribution is -0.129. The largest absolute Gasteiger partial charge is 0.315 e. The molecule has 0 radical (unpaired) electrons. The van der Waals surface area contributed by atoms with Gasteiger partial charge in [-0.3, -0.25) is 4.79 Å². The third-order valence-electron chi connectivity index (χ3n) is 2.49. The van der Waals surface area contributed by atoms with E-state index in [1.807, 2.05) is 30.8 Å². The van der Waals surface area contributed by atoms with Gasteiger partial charge in [0.15, 0.2) is 0 Å². The Labute approximate surface area is 80.0 Å². The monoisotopic (exact) mass is 182 g/mol. The smallest absolute Gasteiger partial charge is 0.240 e. The summed E-state index contributed by atoms with van der Waals surface area (Å²) in [6, 6.07) is 0. The van der Waals surface area contributed by atoms with E-state index < -0.39 is 0 Å². The van der Waals surface area contributed by atoms with Crippen molar-refractivity contribution in [3.8, 4) is 0 Å². The molecule has 0 aromatic rings. The van der Waals surface area contributed by atoms with E-state index in [0.717, 1.165) is 18.7 Å². The number of rotatable bonds is 2. The highest BCUT2D eigenvalue weighted by atomic mass is 16.2. The molecule has 3 nitrogen and oxygen atoms in total. The summed E-state index contributed by atoms with van der Waals surface area (Å²) in [5, 5.41) is 0. The minimum Gasteiger partial charge on any atom is -0.315 e. The van der Waals surface area contributed by atoms with Gasteiger partial charge in [-0.15, -0.1) is 0 Å². The molecule has 1 aliphatic rings. The zero-order valence-corrected chi connectivity index (χ0v) is 8.92. The second kappa shape index (κ2) is 3.92. The van der Waals surface area contributed by atoms with Crippen molar-refractivity contribution in [1.82, 2.24) is 9.80 Å². The lowest BCUT2D eigenvalue weighted by atomic mass is 10.2. The Bertz CT molecular complexity index is 243. The van der Waals surface area contributed by atoms with Crippen LogP contribution < -0.4 is 0 Å². The Kier molecular flexibility index (Phi) is 3.09. The minimum absolute atomic E-state index is 0.208. The first-order chi connectivity index (χ1) is 6.02. The normalized spacial score (nSPS) is 17.5. The molecule has 0 fully saturated rings. The Morgan fingerprint density at radius 3 is 2.46 bits per heavy atom. The van der Waals surface area contributed by atoms with E-state index in [1.165, 1.54) is 5.57 Å². The average Bonchev–Trinajstić information content (AvgIpc) is 2.31. The van der Waals surface area contributed by atoms with Crippen LogP contribution in [0, 0.1) is 0 Å². The van der Waals surface area contributed by atoms with Gasteiger partial charge in [0.1, 0.15) is 0 Å². The maximum atomic E-state index is 11.7. The van der Waals surface area contributed by atoms with E-state index in [4.69, 9.17) is 0 Å². The quantitative estimate of drug-likeness (QED) is 0.638. The molecule has 0 saturated carbocycles. The zero-order chi connectivity index (χ0) is 10.0. The first-order valence-electron chi connectivity index (χ1n) is 4.64. The molecule has 0 aliphatic carbocycles. The summed E-state index contributed by atoms with van der Waals surface area (Å²) in [6.07, 6.45) is 1.03. The van der Waals surface area contributed by atoms with Crippen molar-refractivity contribution in [2.75, 3.05) is 27.2 Å². The van der Waals surface area contributed by atoms with Gasteiger partial charge in [-0.05, 0) is 34.4 Å². The maximum Gasteiger partial charge on any atom is 0.240 e. The molecule has 3 heteroatoms. The molecule has 0 spiro atoms. The van der Waals surface area contributed by atoms with Crippen LogP contribution in [0.1, 0.15) is 20.3 Å². The molecule has 1 aliphatic heterocycles. The fourth-order valence-electron chi connectivity index (χ4n) is 1.53. The van der Waals surface area contributed by atoms with Crippen molar-refractivity contribution in [3.63, 3.8) is 0 Å². The van der Waals surface area contributed by atoms with Crippen molar-refractivity contribution in [2.45, 2.75) is 20.3 Å². The number of allylic oxidation sites excluding steroid dienone is 1. The van der Waals surface area contributed by atoms with Gasteiger partial charge >= 0.3 is 0 Å². The summed E-state index contributed by atoms with van der Waals surface area (Å²) >= 11 is 0. The molecular formula is C10H18N2O. The van der Waals surface area contributed by atoms with Crippen LogP contribution in [0.3, 0.4) is 0 Å². The fourth-order valence-corrected chi connectivity index (χ4v) is 1.53. The molecule has 0 atom stereocenters. The summed E-state index contributed by atoms with van der Waals surface area (Å²) in [6.45, 7) is 5.49. The molecule has 0 saturated heterocycles. The van der Waals surface area contributed by atoms with Gasteiger partial charge in [-0.1, -0.05) is 5.57 Å². The predicted octanol–water partition coefficient (Wildman–Crippen LogP) is 1.07. The van der Waals surface area contributed by atoms with Gasteiger partial charge < -0.3 is 9.80 Å². The molecule has 0 unspecified atom stereocenters. The number of likely N-dealkylation sites (N-methyl/N-ethyl adjacent to an activating group) is 1. The van der Waals surface area contributed by atoms with E-state index in [1.54, 1.807) is 0 Å². The third-order valence-corrected chi connectivity index (χ3v) is 2.49. The number of hydrogen-bond acceptors (Lipinski definition) is 2. The summed E-state index contributed by atoms with van der Waals surface area (Å²) < 4.78 is 0. The van der Waals surface area contributed by atoms with Crippen molar-refractivity contribution in [3.05, 3.63) is 11.3 Å². The molecule has 1 rings (SSSR count). The lowest BCUT2D eigenvalue weighted by Crippen LogP contribution is -2.35. The minimum atomic E-state index is 0.208. The van der Waals surface area contributed by atoms with Crippen LogP contribution >= 0.6 is 0 Å². The molecule has 0 bridgehead atoms. The first kappa shape index (κ1) is 10.3. The summed E-state index contributed by atoms with van der Waals surface area (Å²) in [5.74, 6) is 0.208. The van der Waals surface area contributed by atoms with E-state index >= 15 is 0 Å². The van der Waals surface area contributed by atoms with Crippen LogP contribution in [0.4, 0.5) is 0 Å². The SMILES string of the molecule is CC1=C(C)N(C(=O)CN(C)C)CC1. The van der Waals surface area contributed by atoms with Gasteiger partial charge in [-0.25, -0.2) is 0 Å². The van der Waals surface area contributed by atoms with Crippen molar-refractivity contribution < 1.29 is 4.79 Å². The third kappa shape index (κ3) is 2.31. The number of hydrogen-bond donors (Lipinski definition) is 0. The Morgan fingerprint density at radius 2 is 2.08 bits per heavy atom. The van der Waals surface area contributed by atoms with Crippen LogP contribution in [0.25, 0.3) is 0 Å². The topological polar surface area (TPSA) is 23.6 Å². The average molecular weight is 182 g/mol. The molecular weight excluding hydrogens is 164 g/mol. The molecule has 13 heavy (non-hydrogen) atoms. The zero-order valence-electron chi connectivity index (χ0n) is 8.92. The van der Waals surface area contributed by atoms with Gasteiger partial charge in [0.2, 0.25) is 5.91 Å². The summed E-state index contributed by atoms with van der Waals surface area (Å²) in [4.78, 5) is 15.5. The standard InChI is InChI=1S/C10H18N2O/c1-8-5-6-12(9(8)2)10(13)7-11(3)4/h5-7H2,1-4H3. The highest BCUT2D eigenvalue weighted by molar-refractivity contribution is 5.80. The van der Waals surface area contributed by atoms with Crippen LogP contribution in [-0.4, -0.2) is 42.9 Å². The van der Waals surface area contributed by atoms with E-state index in [-0.39, 0.29) is 5.91 Å². The van der Waals surface area contributed by atoms with Crippen molar-refractivity contribution >= 4 is 5.91 Å². The van der Waals surface area contributed by atoms with E-state index in [2.05, 4.69) is 6.92 Å². The van der Waals surface area contributed by atoms with Crippen molar-refractivity contribution in [2.24, 2.45) is 0 Å². The predicted molar refractivity (Wildman–Crippen MR) is 53.3 cm³/mol. The lowest BCUT2D eigenvalue weighted by Gasteiger charge is -2.20. The fraction of sp³-hybridized carbons (Fsp3) is 0.700. The second-order valence-electron chi connectivity index (χ2n) is 3.90. The molecule has 74 valence electrons. The van der Waals surface area contributed by atoms with E-state index in [9.17, 15) is 4.79 Å². The number of carbonyl (C=O) groups excluding carboxylic acids is 1. The highest BCUT2D eigenvalue weighted by Gasteiger charge is 2.21. The molecule has 1 amide bonds. The van der Waals surface area contributed by atoms with Gasteiger partial charge in [-0.2, -0.15) is 0 Å². The molecule has 0 aromatic heterocycles. The van der Waals surface area contributed by atoms with Crippen LogP contribution in [0.5, 0.6) is 0 Å². The molecule has 0 aromatic carbocycles. The van der Waals surface area contributed by atoms with Gasteiger partial charge in [0.25, 0.3) is 0 Å². The van der Waals surface area contributed by atoms with Crippen molar-refractivity contribution in [1.29, 1.82) is 0 Å². The summed E-state index contributed by atoms with van der Waals surface area (Å²) in [7, 11) is 3.83. The first-order valence-corrected chi connectivity index (χ1v) is 4.64. The molecule has 1 heterocycles. The maximum absolute atomic E-state index is 11.7. The van der Waals surface area contributed by atoms with Gasteiger partial charge in [0.05, 0.1) is 6.54 Å². The Morgan fingerprint density at radius 1 is 1.46 bits per heavy atom. The highest BCUT2D eigenvalue weighted by Crippen LogP contribution is 2.21. The Balaban J connectivity index is 2.59. The van der Waals surface area contributed by atoms with Gasteiger partial charge in [0, 0.05) is 12.2 Å². The van der Waals surface area contributed by atoms with Crippen LogP contribution in [0.15, 0.2) is 11.3 Å². The second-order valence-corrected chi connectivity index (χ2v) is 3.90. The number of nitrogens with zero attached hydrogens (tertiary/aromatic N) is 2. The van der Waals surface area contributed by atoms with E-state index in [0.29, 0.717) is 6.54 Å².